The SMILES string of the molecule is Cn1cc(CCNC(=O)C(C)(C)C)c2ccccc21. The third-order valence-corrected chi connectivity index (χ3v) is 3.34. The summed E-state index contributed by atoms with van der Waals surface area (Å²) in [4.78, 5) is 11.8. The van der Waals surface area contributed by atoms with Crippen LogP contribution >= 0.6 is 0 Å². The van der Waals surface area contributed by atoms with Gasteiger partial charge in [0, 0.05) is 36.1 Å². The summed E-state index contributed by atoms with van der Waals surface area (Å²) >= 11 is 0. The van der Waals surface area contributed by atoms with Gasteiger partial charge in [-0.3, -0.25) is 4.79 Å². The predicted molar refractivity (Wildman–Crippen MR) is 79.1 cm³/mol. The molecule has 2 rings (SSSR count). The molecule has 0 spiro atoms. The lowest BCUT2D eigenvalue weighted by atomic mass is 9.95. The summed E-state index contributed by atoms with van der Waals surface area (Å²) in [7, 11) is 2.06. The zero-order chi connectivity index (χ0) is 14.0. The minimum Gasteiger partial charge on any atom is -0.355 e. The molecule has 0 saturated heterocycles. The first kappa shape index (κ1) is 13.7. The predicted octanol–water partition coefficient (Wildman–Crippen LogP) is 2.88. The van der Waals surface area contributed by atoms with Gasteiger partial charge in [0.2, 0.25) is 5.91 Å². The monoisotopic (exact) mass is 258 g/mol. The second kappa shape index (κ2) is 5.08. The van der Waals surface area contributed by atoms with E-state index in [1.165, 1.54) is 16.5 Å². The summed E-state index contributed by atoms with van der Waals surface area (Å²) in [5.74, 6) is 0.104. The molecule has 0 atom stereocenters. The first-order chi connectivity index (χ1) is 8.89. The molecular formula is C16H22N2O. The number of rotatable bonds is 3. The molecule has 2 aromatic rings. The number of amides is 1. The number of carbonyl (C=O) groups is 1. The molecule has 0 aliphatic carbocycles. The standard InChI is InChI=1S/C16H22N2O/c1-16(2,3)15(19)17-10-9-12-11-18(4)14-8-6-5-7-13(12)14/h5-8,11H,9-10H2,1-4H3,(H,17,19). The van der Waals surface area contributed by atoms with Crippen LogP contribution in [0.4, 0.5) is 0 Å². The molecular weight excluding hydrogens is 236 g/mol. The lowest BCUT2D eigenvalue weighted by molar-refractivity contribution is -0.128. The van der Waals surface area contributed by atoms with Gasteiger partial charge in [-0.1, -0.05) is 39.0 Å². The van der Waals surface area contributed by atoms with E-state index in [0.29, 0.717) is 6.54 Å². The quantitative estimate of drug-likeness (QED) is 0.902. The Morgan fingerprint density at radius 3 is 2.63 bits per heavy atom. The lowest BCUT2D eigenvalue weighted by Gasteiger charge is -2.17. The van der Waals surface area contributed by atoms with Crippen molar-refractivity contribution in [1.82, 2.24) is 9.88 Å². The molecule has 0 saturated carbocycles. The Morgan fingerprint density at radius 1 is 1.26 bits per heavy atom. The van der Waals surface area contributed by atoms with Gasteiger partial charge in [-0.05, 0) is 18.1 Å². The fraction of sp³-hybridized carbons (Fsp3) is 0.438. The lowest BCUT2D eigenvalue weighted by Crippen LogP contribution is -2.35. The second-order valence-electron chi connectivity index (χ2n) is 6.04. The maximum atomic E-state index is 11.8. The fourth-order valence-corrected chi connectivity index (χ4v) is 2.20. The molecule has 0 aliphatic rings. The first-order valence-electron chi connectivity index (χ1n) is 6.71. The summed E-state index contributed by atoms with van der Waals surface area (Å²) in [5, 5.41) is 4.27. The minimum absolute atomic E-state index is 0.104. The summed E-state index contributed by atoms with van der Waals surface area (Å²) in [6.45, 7) is 6.48. The Labute approximate surface area is 114 Å². The van der Waals surface area contributed by atoms with Crippen molar-refractivity contribution in [2.45, 2.75) is 27.2 Å². The Morgan fingerprint density at radius 2 is 1.95 bits per heavy atom. The van der Waals surface area contributed by atoms with Crippen LogP contribution in [-0.2, 0) is 18.3 Å². The normalized spacial score (nSPS) is 11.8. The molecule has 1 aromatic heterocycles. The maximum Gasteiger partial charge on any atom is 0.225 e. The molecule has 1 amide bonds. The van der Waals surface area contributed by atoms with Crippen molar-refractivity contribution in [1.29, 1.82) is 0 Å². The number of nitrogens with one attached hydrogen (secondary N) is 1. The zero-order valence-corrected chi connectivity index (χ0v) is 12.2. The van der Waals surface area contributed by atoms with Crippen molar-refractivity contribution < 1.29 is 4.79 Å². The number of aromatic nitrogens is 1. The first-order valence-corrected chi connectivity index (χ1v) is 6.71. The van der Waals surface area contributed by atoms with Gasteiger partial charge in [-0.2, -0.15) is 0 Å². The van der Waals surface area contributed by atoms with E-state index in [-0.39, 0.29) is 11.3 Å². The highest BCUT2D eigenvalue weighted by Crippen LogP contribution is 2.20. The Bertz CT molecular complexity index is 590. The van der Waals surface area contributed by atoms with Gasteiger partial charge in [0.15, 0.2) is 0 Å². The van der Waals surface area contributed by atoms with E-state index in [1.807, 2.05) is 26.8 Å². The number of hydrogen-bond donors (Lipinski definition) is 1. The average Bonchev–Trinajstić information content (AvgIpc) is 2.66. The molecule has 0 aliphatic heterocycles. The van der Waals surface area contributed by atoms with Crippen molar-refractivity contribution in [3.63, 3.8) is 0 Å². The molecule has 1 aromatic carbocycles. The van der Waals surface area contributed by atoms with E-state index in [4.69, 9.17) is 0 Å². The molecule has 0 fully saturated rings. The van der Waals surface area contributed by atoms with Crippen LogP contribution in [-0.4, -0.2) is 17.0 Å². The van der Waals surface area contributed by atoms with Gasteiger partial charge >= 0.3 is 0 Å². The van der Waals surface area contributed by atoms with Crippen LogP contribution in [0.25, 0.3) is 10.9 Å². The van der Waals surface area contributed by atoms with Crippen molar-refractivity contribution in [3.8, 4) is 0 Å². The number of benzene rings is 1. The van der Waals surface area contributed by atoms with E-state index in [2.05, 4.69) is 41.3 Å². The highest BCUT2D eigenvalue weighted by molar-refractivity contribution is 5.84. The number of hydrogen-bond acceptors (Lipinski definition) is 1. The van der Waals surface area contributed by atoms with Crippen LogP contribution in [0.15, 0.2) is 30.5 Å². The minimum atomic E-state index is -0.321. The Balaban J connectivity index is 2.05. The highest BCUT2D eigenvalue weighted by Gasteiger charge is 2.20. The number of aryl methyl sites for hydroxylation is 1. The highest BCUT2D eigenvalue weighted by atomic mass is 16.2. The van der Waals surface area contributed by atoms with E-state index < -0.39 is 0 Å². The van der Waals surface area contributed by atoms with Crippen LogP contribution in [0.2, 0.25) is 0 Å². The summed E-state index contributed by atoms with van der Waals surface area (Å²) < 4.78 is 2.14. The molecule has 19 heavy (non-hydrogen) atoms. The van der Waals surface area contributed by atoms with E-state index in [1.54, 1.807) is 0 Å². The van der Waals surface area contributed by atoms with Crippen LogP contribution in [0, 0.1) is 5.41 Å². The van der Waals surface area contributed by atoms with Gasteiger partial charge in [0.05, 0.1) is 0 Å². The maximum absolute atomic E-state index is 11.8. The van der Waals surface area contributed by atoms with Crippen molar-refractivity contribution >= 4 is 16.8 Å². The molecule has 1 heterocycles. The molecule has 1 N–H and O–H groups in total. The molecule has 102 valence electrons. The van der Waals surface area contributed by atoms with Crippen LogP contribution in [0.5, 0.6) is 0 Å². The number of carbonyl (C=O) groups excluding carboxylic acids is 1. The molecule has 3 heteroatoms. The summed E-state index contributed by atoms with van der Waals surface area (Å²) in [5.41, 5.74) is 2.20. The largest absolute Gasteiger partial charge is 0.355 e. The molecule has 3 nitrogen and oxygen atoms in total. The molecule has 0 radical (unpaired) electrons. The fourth-order valence-electron chi connectivity index (χ4n) is 2.20. The molecule has 0 unspecified atom stereocenters. The van der Waals surface area contributed by atoms with Crippen molar-refractivity contribution in [3.05, 3.63) is 36.0 Å². The second-order valence-corrected chi connectivity index (χ2v) is 6.04. The Kier molecular flexibility index (Phi) is 3.65. The number of para-hydroxylation sites is 1. The number of fused-ring (bicyclic) bond motifs is 1. The van der Waals surface area contributed by atoms with Gasteiger partial charge in [0.1, 0.15) is 0 Å². The number of nitrogens with zero attached hydrogens (tertiary/aromatic N) is 1. The summed E-state index contributed by atoms with van der Waals surface area (Å²) in [6.07, 6.45) is 3.01. The van der Waals surface area contributed by atoms with Crippen LogP contribution in [0.3, 0.4) is 0 Å². The topological polar surface area (TPSA) is 34.0 Å². The van der Waals surface area contributed by atoms with E-state index >= 15 is 0 Å². The van der Waals surface area contributed by atoms with Gasteiger partial charge < -0.3 is 9.88 Å². The van der Waals surface area contributed by atoms with Crippen LogP contribution < -0.4 is 5.32 Å². The van der Waals surface area contributed by atoms with Gasteiger partial charge in [-0.15, -0.1) is 0 Å². The van der Waals surface area contributed by atoms with Gasteiger partial charge in [0.25, 0.3) is 0 Å². The van der Waals surface area contributed by atoms with Crippen molar-refractivity contribution in [2.24, 2.45) is 12.5 Å². The third kappa shape index (κ3) is 2.98. The Hall–Kier alpha value is -1.77. The third-order valence-electron chi connectivity index (χ3n) is 3.34. The zero-order valence-electron chi connectivity index (χ0n) is 12.2. The average molecular weight is 258 g/mol. The smallest absolute Gasteiger partial charge is 0.225 e. The molecule has 0 bridgehead atoms. The van der Waals surface area contributed by atoms with Gasteiger partial charge in [-0.25, -0.2) is 0 Å². The van der Waals surface area contributed by atoms with E-state index in [9.17, 15) is 4.79 Å². The van der Waals surface area contributed by atoms with E-state index in [0.717, 1.165) is 6.42 Å². The van der Waals surface area contributed by atoms with Crippen molar-refractivity contribution in [2.75, 3.05) is 6.54 Å². The summed E-state index contributed by atoms with van der Waals surface area (Å²) in [6, 6.07) is 8.36. The van der Waals surface area contributed by atoms with Crippen LogP contribution in [0.1, 0.15) is 26.3 Å².